The van der Waals surface area contributed by atoms with E-state index < -0.39 is 0 Å². The lowest BCUT2D eigenvalue weighted by atomic mass is 10.2. The number of amides is 1. The molecule has 9 nitrogen and oxygen atoms in total. The van der Waals surface area contributed by atoms with Crippen LogP contribution in [0.1, 0.15) is 19.7 Å². The van der Waals surface area contributed by atoms with Gasteiger partial charge in [-0.2, -0.15) is 5.10 Å². The quantitative estimate of drug-likeness (QED) is 0.793. The fraction of sp³-hybridized carbons (Fsp3) is 0.533. The molecule has 3 heterocycles. The standard InChI is InChI=1S/C15H21N7O2/c1-10-7-22(8-11(2)24-10)9-14(23)18-6-13-19-15(21-20-13)12-5-16-3-4-17-12/h3-5,10-11H,6-9H2,1-2H3,(H,18,23)(H,19,20,21)/t10-,11+. The SMILES string of the molecule is C[C@@H]1CN(CC(=O)NCc2nc(-c3cnccn3)n[nH]2)C[C@H](C)O1. The molecule has 0 radical (unpaired) electrons. The van der Waals surface area contributed by atoms with Gasteiger partial charge in [0.1, 0.15) is 11.5 Å². The first-order valence-corrected chi connectivity index (χ1v) is 7.92. The number of ether oxygens (including phenoxy) is 1. The van der Waals surface area contributed by atoms with Crippen LogP contribution in [0, 0.1) is 0 Å². The van der Waals surface area contributed by atoms with Crippen molar-refractivity contribution >= 4 is 5.91 Å². The van der Waals surface area contributed by atoms with Gasteiger partial charge in [-0.3, -0.25) is 19.8 Å². The predicted octanol–water partition coefficient (Wildman–Crippen LogP) is -0.0129. The third kappa shape index (κ3) is 4.33. The van der Waals surface area contributed by atoms with E-state index in [0.29, 0.717) is 30.4 Å². The fourth-order valence-electron chi connectivity index (χ4n) is 2.76. The van der Waals surface area contributed by atoms with Crippen molar-refractivity contribution in [3.63, 3.8) is 0 Å². The van der Waals surface area contributed by atoms with E-state index >= 15 is 0 Å². The summed E-state index contributed by atoms with van der Waals surface area (Å²) in [6.45, 7) is 6.20. The predicted molar refractivity (Wildman–Crippen MR) is 85.7 cm³/mol. The summed E-state index contributed by atoms with van der Waals surface area (Å²) in [5, 5.41) is 9.73. The lowest BCUT2D eigenvalue weighted by Crippen LogP contribution is -2.49. The third-order valence-electron chi connectivity index (χ3n) is 3.64. The van der Waals surface area contributed by atoms with Crippen LogP contribution in [0.3, 0.4) is 0 Å². The zero-order chi connectivity index (χ0) is 16.9. The van der Waals surface area contributed by atoms with Crippen LogP contribution in [-0.2, 0) is 16.1 Å². The van der Waals surface area contributed by atoms with E-state index in [-0.39, 0.29) is 18.1 Å². The number of hydrogen-bond donors (Lipinski definition) is 2. The van der Waals surface area contributed by atoms with Crippen molar-refractivity contribution in [3.8, 4) is 11.5 Å². The minimum absolute atomic E-state index is 0.0475. The summed E-state index contributed by atoms with van der Waals surface area (Å²) >= 11 is 0. The summed E-state index contributed by atoms with van der Waals surface area (Å²) in [6, 6.07) is 0. The summed E-state index contributed by atoms with van der Waals surface area (Å²) in [7, 11) is 0. The van der Waals surface area contributed by atoms with Crippen molar-refractivity contribution in [2.75, 3.05) is 19.6 Å². The molecule has 3 rings (SSSR count). The van der Waals surface area contributed by atoms with Crippen molar-refractivity contribution in [2.45, 2.75) is 32.6 Å². The molecule has 24 heavy (non-hydrogen) atoms. The number of aromatic nitrogens is 5. The Bertz CT molecular complexity index is 665. The number of carbonyl (C=O) groups is 1. The van der Waals surface area contributed by atoms with E-state index in [4.69, 9.17) is 4.74 Å². The molecule has 0 saturated carbocycles. The zero-order valence-corrected chi connectivity index (χ0v) is 13.8. The van der Waals surface area contributed by atoms with E-state index in [1.54, 1.807) is 18.6 Å². The summed E-state index contributed by atoms with van der Waals surface area (Å²) in [6.07, 6.45) is 5.05. The number of rotatable bonds is 5. The molecule has 9 heteroatoms. The Morgan fingerprint density at radius 1 is 1.38 bits per heavy atom. The lowest BCUT2D eigenvalue weighted by Gasteiger charge is -2.34. The maximum Gasteiger partial charge on any atom is 0.234 e. The van der Waals surface area contributed by atoms with Gasteiger partial charge in [0.05, 0.1) is 31.5 Å². The van der Waals surface area contributed by atoms with E-state index in [9.17, 15) is 4.79 Å². The highest BCUT2D eigenvalue weighted by Gasteiger charge is 2.23. The first kappa shape index (κ1) is 16.5. The molecule has 1 fully saturated rings. The molecule has 2 N–H and O–H groups in total. The Balaban J connectivity index is 1.49. The minimum Gasteiger partial charge on any atom is -0.373 e. The van der Waals surface area contributed by atoms with Gasteiger partial charge in [-0.25, -0.2) is 9.97 Å². The Hall–Kier alpha value is -2.39. The van der Waals surface area contributed by atoms with Gasteiger partial charge in [0.15, 0.2) is 0 Å². The summed E-state index contributed by atoms with van der Waals surface area (Å²) in [5.74, 6) is 0.990. The second-order valence-electron chi connectivity index (χ2n) is 5.92. The normalized spacial score (nSPS) is 21.6. The van der Waals surface area contributed by atoms with Gasteiger partial charge in [0, 0.05) is 25.5 Å². The molecule has 2 aromatic heterocycles. The maximum absolute atomic E-state index is 12.1. The molecular weight excluding hydrogens is 310 g/mol. The van der Waals surface area contributed by atoms with E-state index in [0.717, 1.165) is 13.1 Å². The first-order valence-electron chi connectivity index (χ1n) is 7.92. The van der Waals surface area contributed by atoms with Crippen LogP contribution < -0.4 is 5.32 Å². The third-order valence-corrected chi connectivity index (χ3v) is 3.64. The molecule has 1 aliphatic heterocycles. The average Bonchev–Trinajstić information content (AvgIpc) is 3.02. The minimum atomic E-state index is -0.0475. The lowest BCUT2D eigenvalue weighted by molar-refractivity contribution is -0.126. The van der Waals surface area contributed by atoms with Gasteiger partial charge in [0.25, 0.3) is 0 Å². The van der Waals surface area contributed by atoms with Crippen LogP contribution >= 0.6 is 0 Å². The van der Waals surface area contributed by atoms with Gasteiger partial charge < -0.3 is 10.1 Å². The Morgan fingerprint density at radius 2 is 2.17 bits per heavy atom. The molecule has 128 valence electrons. The van der Waals surface area contributed by atoms with Crippen molar-refractivity contribution < 1.29 is 9.53 Å². The molecule has 0 unspecified atom stereocenters. The number of nitrogens with zero attached hydrogens (tertiary/aromatic N) is 5. The van der Waals surface area contributed by atoms with Gasteiger partial charge in [-0.15, -0.1) is 0 Å². The van der Waals surface area contributed by atoms with E-state index in [1.165, 1.54) is 0 Å². The number of aromatic amines is 1. The van der Waals surface area contributed by atoms with Crippen LogP contribution in [0.15, 0.2) is 18.6 Å². The van der Waals surface area contributed by atoms with Crippen molar-refractivity contribution in [1.29, 1.82) is 0 Å². The largest absolute Gasteiger partial charge is 0.373 e. The number of H-pyrrole nitrogens is 1. The molecule has 1 saturated heterocycles. The highest BCUT2D eigenvalue weighted by Crippen LogP contribution is 2.10. The number of nitrogens with one attached hydrogen (secondary N) is 2. The summed E-state index contributed by atoms with van der Waals surface area (Å²) in [5.41, 5.74) is 0.586. The highest BCUT2D eigenvalue weighted by molar-refractivity contribution is 5.77. The summed E-state index contributed by atoms with van der Waals surface area (Å²) < 4.78 is 5.66. The Labute approximate surface area is 139 Å². The molecule has 0 aliphatic carbocycles. The molecule has 0 aromatic carbocycles. The van der Waals surface area contributed by atoms with Gasteiger partial charge in [-0.1, -0.05) is 0 Å². The van der Waals surface area contributed by atoms with Crippen LogP contribution in [0.2, 0.25) is 0 Å². The van der Waals surface area contributed by atoms with Crippen molar-refractivity contribution in [1.82, 2.24) is 35.4 Å². The monoisotopic (exact) mass is 331 g/mol. The van der Waals surface area contributed by atoms with E-state index in [2.05, 4.69) is 35.4 Å². The molecule has 0 bridgehead atoms. The zero-order valence-electron chi connectivity index (χ0n) is 13.8. The van der Waals surface area contributed by atoms with Crippen LogP contribution in [0.25, 0.3) is 11.5 Å². The Kier molecular flexibility index (Phi) is 5.11. The fourth-order valence-corrected chi connectivity index (χ4v) is 2.76. The van der Waals surface area contributed by atoms with Gasteiger partial charge in [0.2, 0.25) is 11.7 Å². The molecule has 1 amide bonds. The second-order valence-corrected chi connectivity index (χ2v) is 5.92. The maximum atomic E-state index is 12.1. The second kappa shape index (κ2) is 7.45. The number of carbonyl (C=O) groups excluding carboxylic acids is 1. The van der Waals surface area contributed by atoms with Crippen molar-refractivity contribution in [2.24, 2.45) is 0 Å². The van der Waals surface area contributed by atoms with Crippen LogP contribution in [0.4, 0.5) is 0 Å². The van der Waals surface area contributed by atoms with Gasteiger partial charge in [-0.05, 0) is 13.8 Å². The van der Waals surface area contributed by atoms with Crippen LogP contribution in [0.5, 0.6) is 0 Å². The molecule has 0 spiro atoms. The highest BCUT2D eigenvalue weighted by atomic mass is 16.5. The Morgan fingerprint density at radius 3 is 2.88 bits per heavy atom. The summed E-state index contributed by atoms with van der Waals surface area (Å²) in [4.78, 5) is 26.6. The first-order chi connectivity index (χ1) is 11.6. The number of hydrogen-bond acceptors (Lipinski definition) is 7. The molecule has 2 aromatic rings. The molecular formula is C15H21N7O2. The topological polar surface area (TPSA) is 109 Å². The smallest absolute Gasteiger partial charge is 0.234 e. The van der Waals surface area contributed by atoms with Gasteiger partial charge >= 0.3 is 0 Å². The van der Waals surface area contributed by atoms with Crippen molar-refractivity contribution in [3.05, 3.63) is 24.4 Å². The molecule has 1 aliphatic rings. The van der Waals surface area contributed by atoms with Crippen LogP contribution in [-0.4, -0.2) is 67.8 Å². The number of morpholine rings is 1. The van der Waals surface area contributed by atoms with E-state index in [1.807, 2.05) is 13.8 Å². The average molecular weight is 331 g/mol. The molecule has 2 atom stereocenters.